The van der Waals surface area contributed by atoms with Crippen LogP contribution >= 0.6 is 0 Å². The molecule has 1 aromatic carbocycles. The molecule has 1 saturated carbocycles. The Morgan fingerprint density at radius 2 is 2.08 bits per heavy atom. The Kier molecular flexibility index (Phi) is 4.10. The topological polar surface area (TPSA) is 47.4 Å². The highest BCUT2D eigenvalue weighted by atomic mass is 16.5. The fraction of sp³-hybridized carbons (Fsp3) is 0.474. The Hall–Kier alpha value is -2.14. The molecule has 0 spiro atoms. The van der Waals surface area contributed by atoms with Crippen molar-refractivity contribution in [1.82, 2.24) is 14.5 Å². The minimum absolute atomic E-state index is 0.170. The number of rotatable bonds is 5. The van der Waals surface area contributed by atoms with E-state index in [1.807, 2.05) is 12.3 Å². The number of aromatic nitrogens is 2. The first kappa shape index (κ1) is 15.4. The molecule has 5 nitrogen and oxygen atoms in total. The lowest BCUT2D eigenvalue weighted by Crippen LogP contribution is -2.34. The molecule has 0 bridgehead atoms. The first-order valence-corrected chi connectivity index (χ1v) is 8.68. The van der Waals surface area contributed by atoms with Crippen LogP contribution in [0.4, 0.5) is 0 Å². The largest absolute Gasteiger partial charge is 0.454 e. The molecule has 2 aromatic rings. The van der Waals surface area contributed by atoms with E-state index in [2.05, 4.69) is 38.7 Å². The Morgan fingerprint density at radius 1 is 1.29 bits per heavy atom. The van der Waals surface area contributed by atoms with Crippen molar-refractivity contribution in [3.63, 3.8) is 0 Å². The molecule has 24 heavy (non-hydrogen) atoms. The molecule has 1 aliphatic heterocycles. The zero-order valence-corrected chi connectivity index (χ0v) is 14.0. The van der Waals surface area contributed by atoms with E-state index < -0.39 is 0 Å². The van der Waals surface area contributed by atoms with Crippen LogP contribution < -0.4 is 0 Å². The number of imidazole rings is 1. The van der Waals surface area contributed by atoms with E-state index in [1.54, 1.807) is 0 Å². The predicted octanol–water partition coefficient (Wildman–Crippen LogP) is 2.91. The van der Waals surface area contributed by atoms with Crippen LogP contribution in [-0.4, -0.2) is 27.0 Å². The van der Waals surface area contributed by atoms with Crippen molar-refractivity contribution in [2.45, 2.75) is 45.5 Å². The van der Waals surface area contributed by atoms with Crippen molar-refractivity contribution in [3.8, 4) is 0 Å². The third kappa shape index (κ3) is 3.22. The van der Waals surface area contributed by atoms with Crippen LogP contribution in [0, 0.1) is 5.92 Å². The van der Waals surface area contributed by atoms with E-state index in [0.717, 1.165) is 44.8 Å². The molecule has 126 valence electrons. The number of carbonyl (C=O) groups is 1. The van der Waals surface area contributed by atoms with Crippen LogP contribution in [-0.2, 0) is 29.2 Å². The number of benzene rings is 1. The maximum Gasteiger partial charge on any atom is 0.303 e. The Labute approximate surface area is 142 Å². The van der Waals surface area contributed by atoms with Gasteiger partial charge in [0.1, 0.15) is 0 Å². The number of esters is 1. The summed E-state index contributed by atoms with van der Waals surface area (Å²) in [6, 6.07) is 10.6. The van der Waals surface area contributed by atoms with Gasteiger partial charge >= 0.3 is 5.97 Å². The molecule has 1 unspecified atom stereocenters. The molecule has 1 atom stereocenters. The van der Waals surface area contributed by atoms with E-state index in [4.69, 9.17) is 4.74 Å². The summed E-state index contributed by atoms with van der Waals surface area (Å²) in [4.78, 5) is 18.5. The summed E-state index contributed by atoms with van der Waals surface area (Å²) < 4.78 is 7.83. The predicted molar refractivity (Wildman–Crippen MR) is 90.0 cm³/mol. The van der Waals surface area contributed by atoms with Crippen molar-refractivity contribution >= 4 is 5.97 Å². The molecule has 1 aromatic heterocycles. The average Bonchev–Trinajstić information content (AvgIpc) is 3.33. The Balaban J connectivity index is 1.49. The molecule has 0 amide bonds. The summed E-state index contributed by atoms with van der Waals surface area (Å²) >= 11 is 0. The van der Waals surface area contributed by atoms with E-state index in [9.17, 15) is 4.79 Å². The van der Waals surface area contributed by atoms with Crippen LogP contribution in [0.25, 0.3) is 0 Å². The summed E-state index contributed by atoms with van der Waals surface area (Å²) in [5.41, 5.74) is 2.55. The fourth-order valence-corrected chi connectivity index (χ4v) is 3.50. The maximum atomic E-state index is 11.4. The minimum Gasteiger partial charge on any atom is -0.454 e. The van der Waals surface area contributed by atoms with Gasteiger partial charge in [0, 0.05) is 45.2 Å². The molecule has 0 saturated heterocycles. The molecular formula is C19H23N3O2. The summed E-state index contributed by atoms with van der Waals surface area (Å²) in [6.07, 6.45) is 4.03. The van der Waals surface area contributed by atoms with Crippen LogP contribution in [0.15, 0.2) is 36.5 Å². The standard InChI is InChI=1S/C19H23N3O2/c1-14(23)24-18(16-7-8-16)19-20-11-17-13-21(9-10-22(17)19)12-15-5-3-2-4-6-15/h2-6,11,16,18H,7-10,12-13H2,1H3. The van der Waals surface area contributed by atoms with Crippen LogP contribution in [0.1, 0.15) is 43.0 Å². The van der Waals surface area contributed by atoms with Gasteiger partial charge < -0.3 is 9.30 Å². The summed E-state index contributed by atoms with van der Waals surface area (Å²) in [7, 11) is 0. The normalized spacial score (nSPS) is 18.9. The van der Waals surface area contributed by atoms with Gasteiger partial charge in [-0.25, -0.2) is 4.98 Å². The number of ether oxygens (including phenoxy) is 1. The SMILES string of the molecule is CC(=O)OC(c1ncc2n1CCN(Cc1ccccc1)C2)C1CC1. The van der Waals surface area contributed by atoms with Crippen molar-refractivity contribution in [3.05, 3.63) is 53.6 Å². The second-order valence-electron chi connectivity index (χ2n) is 6.82. The van der Waals surface area contributed by atoms with Gasteiger partial charge in [0.05, 0.1) is 5.69 Å². The highest BCUT2D eigenvalue weighted by Crippen LogP contribution is 2.43. The molecule has 2 aliphatic rings. The van der Waals surface area contributed by atoms with Crippen molar-refractivity contribution < 1.29 is 9.53 Å². The van der Waals surface area contributed by atoms with Crippen molar-refractivity contribution in [2.24, 2.45) is 5.92 Å². The van der Waals surface area contributed by atoms with E-state index in [0.29, 0.717) is 5.92 Å². The van der Waals surface area contributed by atoms with Gasteiger partial charge in [-0.1, -0.05) is 30.3 Å². The lowest BCUT2D eigenvalue weighted by molar-refractivity contribution is -0.148. The van der Waals surface area contributed by atoms with Gasteiger partial charge in [0.25, 0.3) is 0 Å². The molecular weight excluding hydrogens is 302 g/mol. The third-order valence-corrected chi connectivity index (χ3v) is 4.84. The highest BCUT2D eigenvalue weighted by molar-refractivity contribution is 5.66. The number of carbonyl (C=O) groups excluding carboxylic acids is 1. The number of hydrogen-bond acceptors (Lipinski definition) is 4. The Bertz CT molecular complexity index is 721. The molecule has 0 N–H and O–H groups in total. The average molecular weight is 325 g/mol. The fourth-order valence-electron chi connectivity index (χ4n) is 3.50. The first-order valence-electron chi connectivity index (χ1n) is 8.68. The third-order valence-electron chi connectivity index (χ3n) is 4.84. The second kappa shape index (κ2) is 6.40. The highest BCUT2D eigenvalue weighted by Gasteiger charge is 2.38. The molecule has 1 fully saturated rings. The number of nitrogens with zero attached hydrogens (tertiary/aromatic N) is 3. The summed E-state index contributed by atoms with van der Waals surface area (Å²) in [5.74, 6) is 1.16. The van der Waals surface area contributed by atoms with E-state index >= 15 is 0 Å². The first-order chi connectivity index (χ1) is 11.7. The number of fused-ring (bicyclic) bond motifs is 1. The molecule has 1 aliphatic carbocycles. The zero-order valence-electron chi connectivity index (χ0n) is 14.0. The van der Waals surface area contributed by atoms with Crippen molar-refractivity contribution in [1.29, 1.82) is 0 Å². The molecule has 4 rings (SSSR count). The zero-order chi connectivity index (χ0) is 16.5. The minimum atomic E-state index is -0.217. The molecule has 0 radical (unpaired) electrons. The van der Waals surface area contributed by atoms with E-state index in [1.165, 1.54) is 18.2 Å². The molecule has 2 heterocycles. The van der Waals surface area contributed by atoms with Crippen LogP contribution in [0.5, 0.6) is 0 Å². The van der Waals surface area contributed by atoms with Gasteiger partial charge in [-0.15, -0.1) is 0 Å². The summed E-state index contributed by atoms with van der Waals surface area (Å²) in [6.45, 7) is 5.22. The Morgan fingerprint density at radius 3 is 2.79 bits per heavy atom. The monoisotopic (exact) mass is 325 g/mol. The second-order valence-corrected chi connectivity index (χ2v) is 6.82. The maximum absolute atomic E-state index is 11.4. The van der Waals surface area contributed by atoms with Gasteiger partial charge in [0.15, 0.2) is 11.9 Å². The van der Waals surface area contributed by atoms with Gasteiger partial charge in [-0.05, 0) is 18.4 Å². The van der Waals surface area contributed by atoms with Gasteiger partial charge in [0.2, 0.25) is 0 Å². The summed E-state index contributed by atoms with van der Waals surface area (Å²) in [5, 5.41) is 0. The quantitative estimate of drug-likeness (QED) is 0.793. The lowest BCUT2D eigenvalue weighted by Gasteiger charge is -2.30. The van der Waals surface area contributed by atoms with E-state index in [-0.39, 0.29) is 12.1 Å². The van der Waals surface area contributed by atoms with Gasteiger partial charge in [-0.2, -0.15) is 0 Å². The number of hydrogen-bond donors (Lipinski definition) is 0. The van der Waals surface area contributed by atoms with Crippen molar-refractivity contribution in [2.75, 3.05) is 6.54 Å². The smallest absolute Gasteiger partial charge is 0.303 e. The van der Waals surface area contributed by atoms with Crippen LogP contribution in [0.3, 0.4) is 0 Å². The molecule has 5 heteroatoms. The van der Waals surface area contributed by atoms with Crippen LogP contribution in [0.2, 0.25) is 0 Å². The lowest BCUT2D eigenvalue weighted by atomic mass is 10.2. The van der Waals surface area contributed by atoms with Gasteiger partial charge in [-0.3, -0.25) is 9.69 Å².